The third-order valence-electron chi connectivity index (χ3n) is 2.90. The Morgan fingerprint density at radius 1 is 1.47 bits per heavy atom. The monoisotopic (exact) mass is 212 g/mol. The molecule has 1 aliphatic heterocycles. The van der Waals surface area contributed by atoms with Crippen molar-refractivity contribution in [2.45, 2.75) is 58.5 Å². The van der Waals surface area contributed by atoms with Crippen molar-refractivity contribution in [1.29, 1.82) is 0 Å². The van der Waals surface area contributed by atoms with Gasteiger partial charge in [-0.15, -0.1) is 0 Å². The fourth-order valence-electron chi connectivity index (χ4n) is 2.20. The van der Waals surface area contributed by atoms with E-state index in [0.29, 0.717) is 24.4 Å². The normalized spacial score (nSPS) is 22.9. The van der Waals surface area contributed by atoms with Crippen LogP contribution in [-0.2, 0) is 4.79 Å². The van der Waals surface area contributed by atoms with Crippen molar-refractivity contribution < 1.29 is 4.79 Å². The number of rotatable bonds is 3. The molecule has 1 amide bonds. The van der Waals surface area contributed by atoms with Crippen molar-refractivity contribution in [1.82, 2.24) is 10.2 Å². The molecule has 0 radical (unpaired) electrons. The first-order valence-corrected chi connectivity index (χ1v) is 6.17. The third kappa shape index (κ3) is 4.20. The molecule has 1 saturated heterocycles. The molecule has 3 nitrogen and oxygen atoms in total. The van der Waals surface area contributed by atoms with Crippen molar-refractivity contribution in [2.75, 3.05) is 13.1 Å². The molecule has 1 atom stereocenters. The largest absolute Gasteiger partial charge is 0.341 e. The van der Waals surface area contributed by atoms with Gasteiger partial charge in [0.25, 0.3) is 0 Å². The summed E-state index contributed by atoms with van der Waals surface area (Å²) in [5, 5.41) is 3.54. The van der Waals surface area contributed by atoms with Crippen LogP contribution in [0.4, 0.5) is 0 Å². The average molecular weight is 212 g/mol. The molecule has 1 aliphatic rings. The predicted molar refractivity (Wildman–Crippen MR) is 62.8 cm³/mol. The van der Waals surface area contributed by atoms with E-state index in [2.05, 4.69) is 19.2 Å². The van der Waals surface area contributed by atoms with E-state index in [4.69, 9.17) is 0 Å². The van der Waals surface area contributed by atoms with Gasteiger partial charge in [0.1, 0.15) is 0 Å². The molecule has 15 heavy (non-hydrogen) atoms. The Balaban J connectivity index is 2.49. The summed E-state index contributed by atoms with van der Waals surface area (Å²) in [6.07, 6.45) is 4.22. The molecule has 1 unspecified atom stereocenters. The van der Waals surface area contributed by atoms with E-state index in [-0.39, 0.29) is 0 Å². The van der Waals surface area contributed by atoms with Crippen LogP contribution in [0.15, 0.2) is 0 Å². The zero-order valence-electron chi connectivity index (χ0n) is 10.3. The molecule has 0 aromatic heterocycles. The summed E-state index contributed by atoms with van der Waals surface area (Å²) < 4.78 is 0. The Labute approximate surface area is 93.2 Å². The second-order valence-corrected chi connectivity index (χ2v) is 4.71. The highest BCUT2D eigenvalue weighted by Gasteiger charge is 2.20. The smallest absolute Gasteiger partial charge is 0.222 e. The molecule has 1 fully saturated rings. The van der Waals surface area contributed by atoms with Crippen molar-refractivity contribution >= 4 is 5.91 Å². The van der Waals surface area contributed by atoms with E-state index in [9.17, 15) is 4.79 Å². The van der Waals surface area contributed by atoms with Gasteiger partial charge in [0.05, 0.1) is 0 Å². The molecule has 1 rings (SSSR count). The third-order valence-corrected chi connectivity index (χ3v) is 2.90. The van der Waals surface area contributed by atoms with Crippen LogP contribution in [-0.4, -0.2) is 36.0 Å². The van der Waals surface area contributed by atoms with Gasteiger partial charge in [-0.25, -0.2) is 0 Å². The number of amides is 1. The van der Waals surface area contributed by atoms with Gasteiger partial charge in [-0.2, -0.15) is 0 Å². The quantitative estimate of drug-likeness (QED) is 0.773. The standard InChI is InChI=1S/C12H24N2O/c1-4-12(15)14-8-6-5-7-11(9-14)13-10(2)3/h10-11,13H,4-9H2,1-3H3. The van der Waals surface area contributed by atoms with Gasteiger partial charge in [-0.3, -0.25) is 4.79 Å². The van der Waals surface area contributed by atoms with Crippen LogP contribution in [0.5, 0.6) is 0 Å². The molecule has 0 aromatic rings. The molecule has 0 spiro atoms. The van der Waals surface area contributed by atoms with E-state index in [1.165, 1.54) is 12.8 Å². The molecule has 0 saturated carbocycles. The zero-order chi connectivity index (χ0) is 11.3. The first-order valence-electron chi connectivity index (χ1n) is 6.17. The van der Waals surface area contributed by atoms with E-state index in [1.807, 2.05) is 11.8 Å². The number of nitrogens with one attached hydrogen (secondary N) is 1. The molecular weight excluding hydrogens is 188 g/mol. The lowest BCUT2D eigenvalue weighted by atomic mass is 10.1. The van der Waals surface area contributed by atoms with Crippen LogP contribution in [0, 0.1) is 0 Å². The van der Waals surface area contributed by atoms with E-state index in [0.717, 1.165) is 19.5 Å². The highest BCUT2D eigenvalue weighted by molar-refractivity contribution is 5.75. The van der Waals surface area contributed by atoms with Crippen molar-refractivity contribution in [2.24, 2.45) is 0 Å². The maximum Gasteiger partial charge on any atom is 0.222 e. The summed E-state index contributed by atoms with van der Waals surface area (Å²) >= 11 is 0. The highest BCUT2D eigenvalue weighted by Crippen LogP contribution is 2.12. The first-order chi connectivity index (χ1) is 7.13. The molecule has 0 aromatic carbocycles. The van der Waals surface area contributed by atoms with E-state index >= 15 is 0 Å². The fourth-order valence-corrected chi connectivity index (χ4v) is 2.20. The molecule has 3 heteroatoms. The maximum absolute atomic E-state index is 11.6. The van der Waals surface area contributed by atoms with Crippen LogP contribution in [0.2, 0.25) is 0 Å². The van der Waals surface area contributed by atoms with Gasteiger partial charge < -0.3 is 10.2 Å². The second-order valence-electron chi connectivity index (χ2n) is 4.71. The van der Waals surface area contributed by atoms with Gasteiger partial charge in [0.2, 0.25) is 5.91 Å². The van der Waals surface area contributed by atoms with Crippen LogP contribution < -0.4 is 5.32 Å². The Kier molecular flexibility index (Phi) is 5.09. The lowest BCUT2D eigenvalue weighted by molar-refractivity contribution is -0.131. The van der Waals surface area contributed by atoms with Gasteiger partial charge in [-0.05, 0) is 12.8 Å². The Hall–Kier alpha value is -0.570. The van der Waals surface area contributed by atoms with Crippen LogP contribution in [0.1, 0.15) is 46.5 Å². The Morgan fingerprint density at radius 2 is 2.20 bits per heavy atom. The highest BCUT2D eigenvalue weighted by atomic mass is 16.2. The second kappa shape index (κ2) is 6.11. The number of hydrogen-bond donors (Lipinski definition) is 1. The average Bonchev–Trinajstić information content (AvgIpc) is 2.41. The van der Waals surface area contributed by atoms with Gasteiger partial charge in [0, 0.05) is 31.6 Å². The summed E-state index contributed by atoms with van der Waals surface area (Å²) in [6.45, 7) is 8.11. The summed E-state index contributed by atoms with van der Waals surface area (Å²) in [6, 6.07) is 0.995. The number of likely N-dealkylation sites (tertiary alicyclic amines) is 1. The van der Waals surface area contributed by atoms with Crippen molar-refractivity contribution in [3.05, 3.63) is 0 Å². The fraction of sp³-hybridized carbons (Fsp3) is 0.917. The lowest BCUT2D eigenvalue weighted by Crippen LogP contribution is -2.44. The summed E-state index contributed by atoms with van der Waals surface area (Å²) in [7, 11) is 0. The number of carbonyl (C=O) groups excluding carboxylic acids is 1. The van der Waals surface area contributed by atoms with Gasteiger partial charge in [-0.1, -0.05) is 27.2 Å². The first kappa shape index (κ1) is 12.5. The minimum absolute atomic E-state index is 0.299. The number of carbonyl (C=O) groups is 1. The molecular formula is C12H24N2O. The maximum atomic E-state index is 11.6. The summed E-state index contributed by atoms with van der Waals surface area (Å²) in [5.41, 5.74) is 0. The van der Waals surface area contributed by atoms with Crippen molar-refractivity contribution in [3.63, 3.8) is 0 Å². The predicted octanol–water partition coefficient (Wildman–Crippen LogP) is 1.78. The van der Waals surface area contributed by atoms with Crippen LogP contribution in [0.25, 0.3) is 0 Å². The molecule has 1 N–H and O–H groups in total. The molecule has 88 valence electrons. The lowest BCUT2D eigenvalue weighted by Gasteiger charge is -2.26. The minimum Gasteiger partial charge on any atom is -0.341 e. The molecule has 0 aliphatic carbocycles. The SMILES string of the molecule is CCC(=O)N1CCCCC(NC(C)C)C1. The van der Waals surface area contributed by atoms with Gasteiger partial charge in [0.15, 0.2) is 0 Å². The van der Waals surface area contributed by atoms with E-state index < -0.39 is 0 Å². The summed E-state index contributed by atoms with van der Waals surface area (Å²) in [5.74, 6) is 0.299. The van der Waals surface area contributed by atoms with Crippen LogP contribution in [0.3, 0.4) is 0 Å². The zero-order valence-corrected chi connectivity index (χ0v) is 10.3. The van der Waals surface area contributed by atoms with Crippen LogP contribution >= 0.6 is 0 Å². The molecule has 1 heterocycles. The summed E-state index contributed by atoms with van der Waals surface area (Å²) in [4.78, 5) is 13.7. The Bertz CT molecular complexity index is 204. The Morgan fingerprint density at radius 3 is 2.80 bits per heavy atom. The topological polar surface area (TPSA) is 32.3 Å². The van der Waals surface area contributed by atoms with Crippen molar-refractivity contribution in [3.8, 4) is 0 Å². The number of nitrogens with zero attached hydrogens (tertiary/aromatic N) is 1. The van der Waals surface area contributed by atoms with E-state index in [1.54, 1.807) is 0 Å². The molecule has 0 bridgehead atoms. The number of hydrogen-bond acceptors (Lipinski definition) is 2. The van der Waals surface area contributed by atoms with Gasteiger partial charge >= 0.3 is 0 Å². The minimum atomic E-state index is 0.299.